The number of anilines is 2. The van der Waals surface area contributed by atoms with E-state index in [9.17, 15) is 14.4 Å². The first-order valence-electron chi connectivity index (χ1n) is 9.96. The van der Waals surface area contributed by atoms with Crippen molar-refractivity contribution in [3.05, 3.63) is 95.4 Å². The second-order valence-electron chi connectivity index (χ2n) is 7.19. The third-order valence-electron chi connectivity index (χ3n) is 5.15. The average molecular weight is 439 g/mol. The van der Waals surface area contributed by atoms with Gasteiger partial charge in [-0.25, -0.2) is 9.89 Å². The number of rotatable bonds is 2. The number of nitrogens with zero attached hydrogens (tertiary/aromatic N) is 3. The van der Waals surface area contributed by atoms with E-state index in [0.29, 0.717) is 27.8 Å². The maximum absolute atomic E-state index is 13.6. The number of amidine groups is 1. The molecule has 0 atom stereocenters. The van der Waals surface area contributed by atoms with Crippen LogP contribution in [0.15, 0.2) is 94.8 Å². The molecule has 0 unspecified atom stereocenters. The zero-order valence-corrected chi connectivity index (χ0v) is 17.9. The number of aliphatic imine (C=N–C) groups is 1. The van der Waals surface area contributed by atoms with Gasteiger partial charge in [0.2, 0.25) is 5.91 Å². The van der Waals surface area contributed by atoms with Gasteiger partial charge in [0.1, 0.15) is 0 Å². The minimum absolute atomic E-state index is 0.227. The number of carbonyl (C=O) groups excluding carboxylic acids is 3. The summed E-state index contributed by atoms with van der Waals surface area (Å²) in [6.07, 6.45) is 0. The van der Waals surface area contributed by atoms with Gasteiger partial charge >= 0.3 is 0 Å². The Kier molecular flexibility index (Phi) is 4.95. The molecule has 2 heterocycles. The highest BCUT2D eigenvalue weighted by atomic mass is 32.2. The van der Waals surface area contributed by atoms with Crippen LogP contribution in [0.25, 0.3) is 5.57 Å². The smallest absolute Gasteiger partial charge is 0.272 e. The Hall–Kier alpha value is -3.97. The molecular formula is C25H17N3O3S. The van der Waals surface area contributed by atoms with Crippen LogP contribution < -0.4 is 9.80 Å². The summed E-state index contributed by atoms with van der Waals surface area (Å²) in [5.74, 6) is -1.24. The molecule has 2 aliphatic heterocycles. The zero-order chi connectivity index (χ0) is 22.2. The van der Waals surface area contributed by atoms with Crippen molar-refractivity contribution in [2.24, 2.45) is 4.99 Å². The molecule has 32 heavy (non-hydrogen) atoms. The van der Waals surface area contributed by atoms with Crippen molar-refractivity contribution in [3.63, 3.8) is 0 Å². The van der Waals surface area contributed by atoms with Crippen LogP contribution in [0.2, 0.25) is 0 Å². The van der Waals surface area contributed by atoms with Crippen molar-refractivity contribution in [2.75, 3.05) is 9.80 Å². The fraction of sp³-hybridized carbons (Fsp3) is 0.0400. The molecule has 1 fully saturated rings. The van der Waals surface area contributed by atoms with Crippen LogP contribution in [0.5, 0.6) is 0 Å². The monoisotopic (exact) mass is 439 g/mol. The van der Waals surface area contributed by atoms with Crippen LogP contribution in [0, 0.1) is 0 Å². The van der Waals surface area contributed by atoms with Gasteiger partial charge < -0.3 is 0 Å². The summed E-state index contributed by atoms with van der Waals surface area (Å²) in [6.45, 7) is 1.34. The highest BCUT2D eigenvalue weighted by Gasteiger charge is 2.44. The zero-order valence-electron chi connectivity index (χ0n) is 17.1. The molecule has 5 rings (SSSR count). The van der Waals surface area contributed by atoms with Gasteiger partial charge in [-0.3, -0.25) is 19.3 Å². The summed E-state index contributed by atoms with van der Waals surface area (Å²) >= 11 is 1.14. The fourth-order valence-corrected chi connectivity index (χ4v) is 4.86. The first-order valence-corrected chi connectivity index (χ1v) is 10.8. The number of amides is 3. The Morgan fingerprint density at radius 3 is 2.12 bits per heavy atom. The van der Waals surface area contributed by atoms with Crippen molar-refractivity contribution in [1.82, 2.24) is 0 Å². The van der Waals surface area contributed by atoms with Crippen molar-refractivity contribution in [1.29, 1.82) is 0 Å². The normalized spacial score (nSPS) is 19.1. The molecule has 1 saturated heterocycles. The summed E-state index contributed by atoms with van der Waals surface area (Å²) in [7, 11) is 0. The summed E-state index contributed by atoms with van der Waals surface area (Å²) in [6, 6.07) is 25.5. The molecule has 0 aromatic heterocycles. The lowest BCUT2D eigenvalue weighted by molar-refractivity contribution is -0.122. The van der Waals surface area contributed by atoms with Crippen molar-refractivity contribution in [3.8, 4) is 0 Å². The van der Waals surface area contributed by atoms with Gasteiger partial charge in [0.05, 0.1) is 27.5 Å². The van der Waals surface area contributed by atoms with Gasteiger partial charge in [-0.2, -0.15) is 0 Å². The molecule has 156 valence electrons. The van der Waals surface area contributed by atoms with Crippen LogP contribution in [0.4, 0.5) is 17.1 Å². The van der Waals surface area contributed by atoms with Gasteiger partial charge in [0.15, 0.2) is 5.17 Å². The van der Waals surface area contributed by atoms with Gasteiger partial charge in [-0.05, 0) is 42.1 Å². The van der Waals surface area contributed by atoms with E-state index in [2.05, 4.69) is 4.99 Å². The predicted octanol–water partition coefficient (Wildman–Crippen LogP) is 4.76. The SMILES string of the molecule is CC(=O)N1C(=O)/C(=C2\SC(=Nc3ccccc3)N(c3ccccc3)C2=O)c2ccccc21. The lowest BCUT2D eigenvalue weighted by atomic mass is 10.1. The molecule has 0 saturated carbocycles. The highest BCUT2D eigenvalue weighted by molar-refractivity contribution is 8.19. The number of benzene rings is 3. The lowest BCUT2D eigenvalue weighted by Crippen LogP contribution is -2.32. The lowest BCUT2D eigenvalue weighted by Gasteiger charge is -2.15. The molecule has 6 nitrogen and oxygen atoms in total. The molecule has 3 aromatic rings. The number of thioether (sulfide) groups is 1. The first kappa shape index (κ1) is 20.0. The number of hydrogen-bond donors (Lipinski definition) is 0. The third kappa shape index (κ3) is 3.23. The number of imide groups is 1. The van der Waals surface area contributed by atoms with Crippen molar-refractivity contribution < 1.29 is 14.4 Å². The fourth-order valence-electron chi connectivity index (χ4n) is 3.77. The van der Waals surface area contributed by atoms with E-state index in [0.717, 1.165) is 16.7 Å². The Morgan fingerprint density at radius 2 is 1.44 bits per heavy atom. The van der Waals surface area contributed by atoms with Crippen molar-refractivity contribution >= 4 is 57.3 Å². The molecule has 0 bridgehead atoms. The molecule has 2 aliphatic rings. The van der Waals surface area contributed by atoms with Gasteiger partial charge in [-0.15, -0.1) is 0 Å². The molecule has 7 heteroatoms. The second kappa shape index (κ2) is 7.94. The summed E-state index contributed by atoms with van der Waals surface area (Å²) in [4.78, 5) is 46.7. The van der Waals surface area contributed by atoms with Crippen LogP contribution >= 0.6 is 11.8 Å². The molecule has 0 aliphatic carbocycles. The minimum atomic E-state index is -0.497. The summed E-state index contributed by atoms with van der Waals surface area (Å²) < 4.78 is 0. The second-order valence-corrected chi connectivity index (χ2v) is 8.17. The van der Waals surface area contributed by atoms with E-state index in [1.807, 2.05) is 60.7 Å². The molecular weight excluding hydrogens is 422 g/mol. The topological polar surface area (TPSA) is 70.1 Å². The summed E-state index contributed by atoms with van der Waals surface area (Å²) in [5.41, 5.74) is 2.62. The Bertz CT molecular complexity index is 1320. The van der Waals surface area contributed by atoms with Gasteiger partial charge in [0.25, 0.3) is 11.8 Å². The van der Waals surface area contributed by atoms with E-state index < -0.39 is 11.8 Å². The Labute approximate surface area is 188 Å². The van der Waals surface area contributed by atoms with E-state index >= 15 is 0 Å². The minimum Gasteiger partial charge on any atom is -0.274 e. The average Bonchev–Trinajstić information content (AvgIpc) is 3.27. The van der Waals surface area contributed by atoms with E-state index in [-0.39, 0.29) is 16.4 Å². The van der Waals surface area contributed by atoms with Crippen LogP contribution in [0.3, 0.4) is 0 Å². The van der Waals surface area contributed by atoms with Crippen LogP contribution in [-0.4, -0.2) is 22.9 Å². The highest BCUT2D eigenvalue weighted by Crippen LogP contribution is 2.45. The van der Waals surface area contributed by atoms with Crippen LogP contribution in [-0.2, 0) is 14.4 Å². The number of para-hydroxylation sites is 3. The maximum Gasteiger partial charge on any atom is 0.272 e. The Balaban J connectivity index is 1.70. The maximum atomic E-state index is 13.6. The molecule has 3 amide bonds. The van der Waals surface area contributed by atoms with E-state index in [4.69, 9.17) is 0 Å². The number of fused-ring (bicyclic) bond motifs is 1. The molecule has 0 spiro atoms. The Morgan fingerprint density at radius 1 is 0.812 bits per heavy atom. The molecule has 3 aromatic carbocycles. The standard InChI is InChI=1S/C25H17N3O3S/c1-16(29)27-20-15-9-8-14-19(20)21(23(27)30)22-24(31)28(18-12-6-3-7-13-18)25(32-22)26-17-10-4-2-5-11-17/h2-15H,1H3/b22-21-,26-25?. The quantitative estimate of drug-likeness (QED) is 0.540. The van der Waals surface area contributed by atoms with E-state index in [1.165, 1.54) is 11.8 Å². The predicted molar refractivity (Wildman–Crippen MR) is 127 cm³/mol. The first-order chi connectivity index (χ1) is 15.6. The van der Waals surface area contributed by atoms with Gasteiger partial charge in [0, 0.05) is 12.5 Å². The molecule has 0 N–H and O–H groups in total. The third-order valence-corrected chi connectivity index (χ3v) is 6.19. The van der Waals surface area contributed by atoms with Crippen molar-refractivity contribution in [2.45, 2.75) is 6.92 Å². The van der Waals surface area contributed by atoms with Gasteiger partial charge in [-0.1, -0.05) is 54.6 Å². The van der Waals surface area contributed by atoms with E-state index in [1.54, 1.807) is 24.3 Å². The number of hydrogen-bond acceptors (Lipinski definition) is 5. The largest absolute Gasteiger partial charge is 0.274 e. The van der Waals surface area contributed by atoms with Crippen LogP contribution in [0.1, 0.15) is 12.5 Å². The summed E-state index contributed by atoms with van der Waals surface area (Å²) in [5, 5.41) is 0.446. The number of carbonyl (C=O) groups is 3. The molecule has 0 radical (unpaired) electrons.